The van der Waals surface area contributed by atoms with Crippen LogP contribution < -0.4 is 5.32 Å². The predicted octanol–water partition coefficient (Wildman–Crippen LogP) is 2.05. The van der Waals surface area contributed by atoms with Crippen LogP contribution in [0, 0.1) is 16.0 Å². The maximum absolute atomic E-state index is 12.5. The lowest BCUT2D eigenvalue weighted by Gasteiger charge is -2.12. The summed E-state index contributed by atoms with van der Waals surface area (Å²) in [6.45, 7) is 1.57. The van der Waals surface area contributed by atoms with Gasteiger partial charge < -0.3 is 10.4 Å². The Morgan fingerprint density at radius 3 is 2.68 bits per heavy atom. The molecule has 0 bridgehead atoms. The van der Waals surface area contributed by atoms with E-state index in [9.17, 15) is 23.3 Å². The monoisotopic (exact) mass is 279 g/mol. The third-order valence-electron chi connectivity index (χ3n) is 2.32. The summed E-state index contributed by atoms with van der Waals surface area (Å²) in [7, 11) is 0. The number of nitro groups is 1. The zero-order valence-electron chi connectivity index (χ0n) is 9.94. The fourth-order valence-corrected chi connectivity index (χ4v) is 1.24. The second-order valence-electron chi connectivity index (χ2n) is 4.01. The first-order valence-corrected chi connectivity index (χ1v) is 5.32. The van der Waals surface area contributed by atoms with Gasteiger partial charge in [0.2, 0.25) is 0 Å². The first-order valence-electron chi connectivity index (χ1n) is 5.32. The Labute approximate surface area is 106 Å². The summed E-state index contributed by atoms with van der Waals surface area (Å²) in [5, 5.41) is 22.0. The quantitative estimate of drug-likeness (QED) is 0.636. The SMILES string of the molecule is CC(CO)CNc1cc(C(F)(F)F)ncc1[N+](=O)[O-]. The third-order valence-corrected chi connectivity index (χ3v) is 2.32. The molecule has 1 aromatic heterocycles. The van der Waals surface area contributed by atoms with Crippen LogP contribution in [-0.2, 0) is 6.18 Å². The molecule has 6 nitrogen and oxygen atoms in total. The average Bonchev–Trinajstić information content (AvgIpc) is 2.34. The van der Waals surface area contributed by atoms with Gasteiger partial charge in [0.05, 0.1) is 4.92 Å². The summed E-state index contributed by atoms with van der Waals surface area (Å²) in [4.78, 5) is 12.9. The molecule has 1 rings (SSSR count). The van der Waals surface area contributed by atoms with E-state index < -0.39 is 22.5 Å². The summed E-state index contributed by atoms with van der Waals surface area (Å²) < 4.78 is 37.4. The van der Waals surface area contributed by atoms with E-state index in [1.54, 1.807) is 6.92 Å². The van der Waals surface area contributed by atoms with E-state index in [0.717, 1.165) is 0 Å². The van der Waals surface area contributed by atoms with Crippen molar-refractivity contribution in [3.63, 3.8) is 0 Å². The minimum atomic E-state index is -4.67. The summed E-state index contributed by atoms with van der Waals surface area (Å²) in [6.07, 6.45) is -4.11. The number of nitrogens with zero attached hydrogens (tertiary/aromatic N) is 2. The van der Waals surface area contributed by atoms with Gasteiger partial charge in [0, 0.05) is 13.2 Å². The van der Waals surface area contributed by atoms with Crippen molar-refractivity contribution in [3.05, 3.63) is 28.1 Å². The van der Waals surface area contributed by atoms with E-state index in [1.165, 1.54) is 0 Å². The molecule has 0 aliphatic carbocycles. The molecular formula is C10H12F3N3O3. The van der Waals surface area contributed by atoms with Gasteiger partial charge in [0.15, 0.2) is 0 Å². The predicted molar refractivity (Wildman–Crippen MR) is 60.6 cm³/mol. The molecule has 0 saturated heterocycles. The van der Waals surface area contributed by atoms with Crippen LogP contribution in [0.2, 0.25) is 0 Å². The van der Waals surface area contributed by atoms with Crippen molar-refractivity contribution in [2.45, 2.75) is 13.1 Å². The number of nitrogens with one attached hydrogen (secondary N) is 1. The third kappa shape index (κ3) is 4.05. The minimum Gasteiger partial charge on any atom is -0.396 e. The zero-order valence-corrected chi connectivity index (χ0v) is 9.94. The van der Waals surface area contributed by atoms with Gasteiger partial charge in [-0.2, -0.15) is 13.2 Å². The van der Waals surface area contributed by atoms with Crippen LogP contribution >= 0.6 is 0 Å². The van der Waals surface area contributed by atoms with E-state index in [4.69, 9.17) is 5.11 Å². The molecule has 0 aromatic carbocycles. The van der Waals surface area contributed by atoms with Crippen molar-refractivity contribution >= 4 is 11.4 Å². The Bertz CT molecular complexity index is 465. The molecule has 0 fully saturated rings. The summed E-state index contributed by atoms with van der Waals surface area (Å²) in [5.74, 6) is -0.248. The molecule has 1 atom stereocenters. The molecule has 0 amide bonds. The van der Waals surface area contributed by atoms with Gasteiger partial charge in [-0.1, -0.05) is 6.92 Å². The molecule has 106 valence electrons. The molecule has 0 aliphatic heterocycles. The minimum absolute atomic E-state index is 0.110. The highest BCUT2D eigenvalue weighted by Crippen LogP contribution is 2.32. The number of halogens is 3. The van der Waals surface area contributed by atoms with Gasteiger partial charge in [0.1, 0.15) is 17.6 Å². The van der Waals surface area contributed by atoms with E-state index >= 15 is 0 Å². The van der Waals surface area contributed by atoms with Gasteiger partial charge >= 0.3 is 11.9 Å². The van der Waals surface area contributed by atoms with Gasteiger partial charge in [-0.05, 0) is 12.0 Å². The second kappa shape index (κ2) is 5.83. The fraction of sp³-hybridized carbons (Fsp3) is 0.500. The summed E-state index contributed by atoms with van der Waals surface area (Å²) in [5.41, 5.74) is -2.02. The molecule has 1 aromatic rings. The second-order valence-corrected chi connectivity index (χ2v) is 4.01. The number of hydrogen-bond donors (Lipinski definition) is 2. The summed E-state index contributed by atoms with van der Waals surface area (Å²) >= 11 is 0. The number of aliphatic hydroxyl groups excluding tert-OH is 1. The lowest BCUT2D eigenvalue weighted by molar-refractivity contribution is -0.384. The van der Waals surface area contributed by atoms with Crippen LogP contribution in [-0.4, -0.2) is 28.2 Å². The van der Waals surface area contributed by atoms with Crippen molar-refractivity contribution in [2.24, 2.45) is 5.92 Å². The lowest BCUT2D eigenvalue weighted by atomic mass is 10.2. The van der Waals surface area contributed by atoms with Gasteiger partial charge in [-0.25, -0.2) is 4.98 Å². The van der Waals surface area contributed by atoms with Crippen molar-refractivity contribution in [3.8, 4) is 0 Å². The van der Waals surface area contributed by atoms with Crippen LogP contribution in [0.1, 0.15) is 12.6 Å². The Hall–Kier alpha value is -1.90. The Morgan fingerprint density at radius 1 is 1.58 bits per heavy atom. The number of hydrogen-bond acceptors (Lipinski definition) is 5. The number of anilines is 1. The van der Waals surface area contributed by atoms with E-state index in [2.05, 4.69) is 10.3 Å². The Morgan fingerprint density at radius 2 is 2.21 bits per heavy atom. The number of aliphatic hydroxyl groups is 1. The molecule has 0 aliphatic rings. The van der Waals surface area contributed by atoms with Gasteiger partial charge in [-0.3, -0.25) is 10.1 Å². The lowest BCUT2D eigenvalue weighted by Crippen LogP contribution is -2.16. The van der Waals surface area contributed by atoms with Crippen molar-refractivity contribution in [2.75, 3.05) is 18.5 Å². The molecule has 1 unspecified atom stereocenters. The van der Waals surface area contributed by atoms with Crippen LogP contribution in [0.5, 0.6) is 0 Å². The first kappa shape index (κ1) is 15.2. The summed E-state index contributed by atoms with van der Waals surface area (Å²) in [6, 6.07) is 0.586. The van der Waals surface area contributed by atoms with Crippen LogP contribution in [0.3, 0.4) is 0 Å². The standard InChI is InChI=1S/C10H12F3N3O3/c1-6(5-17)3-14-7-2-9(10(11,12)13)15-4-8(7)16(18)19/h2,4,6,17H,3,5H2,1H3,(H,14,15). The number of aromatic nitrogens is 1. The van der Waals surface area contributed by atoms with Crippen molar-refractivity contribution in [1.29, 1.82) is 0 Å². The normalized spacial score (nSPS) is 13.1. The molecule has 0 radical (unpaired) electrons. The number of pyridine rings is 1. The molecule has 2 N–H and O–H groups in total. The first-order chi connectivity index (χ1) is 8.75. The molecule has 19 heavy (non-hydrogen) atoms. The van der Waals surface area contributed by atoms with E-state index in [-0.39, 0.29) is 24.8 Å². The van der Waals surface area contributed by atoms with Crippen LogP contribution in [0.25, 0.3) is 0 Å². The molecule has 9 heteroatoms. The number of rotatable bonds is 5. The van der Waals surface area contributed by atoms with E-state index in [1.807, 2.05) is 0 Å². The van der Waals surface area contributed by atoms with Gasteiger partial charge in [-0.15, -0.1) is 0 Å². The average molecular weight is 279 g/mol. The topological polar surface area (TPSA) is 88.3 Å². The molecule has 1 heterocycles. The Kier molecular flexibility index (Phi) is 4.65. The smallest absolute Gasteiger partial charge is 0.396 e. The highest BCUT2D eigenvalue weighted by Gasteiger charge is 2.34. The highest BCUT2D eigenvalue weighted by atomic mass is 19.4. The molecular weight excluding hydrogens is 267 g/mol. The fourth-order valence-electron chi connectivity index (χ4n) is 1.24. The number of alkyl halides is 3. The molecule has 0 spiro atoms. The van der Waals surface area contributed by atoms with Crippen LogP contribution in [0.4, 0.5) is 24.5 Å². The Balaban J connectivity index is 3.06. The van der Waals surface area contributed by atoms with Crippen molar-refractivity contribution < 1.29 is 23.2 Å². The maximum atomic E-state index is 12.5. The highest BCUT2D eigenvalue weighted by molar-refractivity contribution is 5.61. The largest absolute Gasteiger partial charge is 0.433 e. The molecule has 0 saturated carbocycles. The zero-order chi connectivity index (χ0) is 14.6. The maximum Gasteiger partial charge on any atom is 0.433 e. The van der Waals surface area contributed by atoms with Crippen LogP contribution in [0.15, 0.2) is 12.3 Å². The van der Waals surface area contributed by atoms with Gasteiger partial charge in [0.25, 0.3) is 0 Å². The van der Waals surface area contributed by atoms with E-state index in [0.29, 0.717) is 12.3 Å². The van der Waals surface area contributed by atoms with Crippen molar-refractivity contribution in [1.82, 2.24) is 4.98 Å².